The van der Waals surface area contributed by atoms with Gasteiger partial charge in [0.25, 0.3) is 0 Å². The van der Waals surface area contributed by atoms with Crippen LogP contribution in [0.2, 0.25) is 5.02 Å². The Kier molecular flexibility index (Phi) is 6.42. The molecular weight excluding hydrogens is 446 g/mol. The number of hydrogen-bond acceptors (Lipinski definition) is 5. The van der Waals surface area contributed by atoms with Crippen molar-refractivity contribution in [3.63, 3.8) is 0 Å². The minimum Gasteiger partial charge on any atom is -0.356 e. The van der Waals surface area contributed by atoms with E-state index in [0.29, 0.717) is 5.02 Å². The molecule has 0 unspecified atom stereocenters. The van der Waals surface area contributed by atoms with Gasteiger partial charge >= 0.3 is 0 Å². The minimum absolute atomic E-state index is 0.0507. The number of nitrogens with zero attached hydrogens (tertiary/aromatic N) is 3. The maximum atomic E-state index is 13.4. The van der Waals surface area contributed by atoms with E-state index in [1.165, 1.54) is 12.8 Å². The summed E-state index contributed by atoms with van der Waals surface area (Å²) in [7, 11) is 0. The van der Waals surface area contributed by atoms with Crippen LogP contribution in [0.25, 0.3) is 0 Å². The average molecular weight is 476 g/mol. The smallest absolute Gasteiger partial charge is 0.235 e. The molecule has 5 rings (SSSR count). The average Bonchev–Trinajstić information content (AvgIpc) is 3.54. The second kappa shape index (κ2) is 9.63. The molecule has 2 fully saturated rings. The predicted molar refractivity (Wildman–Crippen MR) is 138 cm³/mol. The van der Waals surface area contributed by atoms with Crippen LogP contribution in [0.5, 0.6) is 0 Å². The lowest BCUT2D eigenvalue weighted by atomic mass is 9.78. The van der Waals surface area contributed by atoms with Crippen LogP contribution in [0.3, 0.4) is 0 Å². The van der Waals surface area contributed by atoms with Gasteiger partial charge in [-0.25, -0.2) is 9.97 Å². The summed E-state index contributed by atoms with van der Waals surface area (Å²) in [6, 6.07) is 17.5. The Morgan fingerprint density at radius 1 is 0.912 bits per heavy atom. The largest absolute Gasteiger partial charge is 0.356 e. The molecular formula is C27H30ClN5O. The molecule has 0 atom stereocenters. The highest BCUT2D eigenvalue weighted by atomic mass is 35.5. The van der Waals surface area contributed by atoms with Gasteiger partial charge in [0.05, 0.1) is 5.41 Å². The molecule has 1 amide bonds. The molecule has 2 heterocycles. The van der Waals surface area contributed by atoms with Crippen molar-refractivity contribution in [3.8, 4) is 0 Å². The Morgan fingerprint density at radius 3 is 2.24 bits per heavy atom. The van der Waals surface area contributed by atoms with E-state index in [0.717, 1.165) is 73.2 Å². The quantitative estimate of drug-likeness (QED) is 0.442. The lowest BCUT2D eigenvalue weighted by molar-refractivity contribution is -0.121. The van der Waals surface area contributed by atoms with Crippen LogP contribution < -0.4 is 15.5 Å². The molecule has 0 spiro atoms. The van der Waals surface area contributed by atoms with Gasteiger partial charge in [0.1, 0.15) is 17.5 Å². The molecule has 176 valence electrons. The fourth-order valence-electron chi connectivity index (χ4n) is 5.15. The summed E-state index contributed by atoms with van der Waals surface area (Å²) in [5, 5.41) is 7.22. The van der Waals surface area contributed by atoms with E-state index in [1.54, 1.807) is 0 Å². The zero-order valence-electron chi connectivity index (χ0n) is 19.5. The van der Waals surface area contributed by atoms with Gasteiger partial charge in [-0.3, -0.25) is 4.79 Å². The number of nitrogens with one attached hydrogen (secondary N) is 2. The summed E-state index contributed by atoms with van der Waals surface area (Å²) in [4.78, 5) is 24.9. The number of carbonyl (C=O) groups is 1. The van der Waals surface area contributed by atoms with Gasteiger partial charge < -0.3 is 15.5 Å². The minimum atomic E-state index is -0.494. The van der Waals surface area contributed by atoms with Crippen molar-refractivity contribution in [3.05, 3.63) is 71.0 Å². The van der Waals surface area contributed by atoms with E-state index >= 15 is 0 Å². The highest BCUT2D eigenvalue weighted by Crippen LogP contribution is 2.42. The second-order valence-electron chi connectivity index (χ2n) is 9.31. The molecule has 1 saturated heterocycles. The van der Waals surface area contributed by atoms with Crippen LogP contribution in [0, 0.1) is 6.92 Å². The van der Waals surface area contributed by atoms with Gasteiger partial charge in [0, 0.05) is 35.6 Å². The molecule has 1 saturated carbocycles. The number of halogens is 1. The van der Waals surface area contributed by atoms with Gasteiger partial charge in [-0.2, -0.15) is 0 Å². The highest BCUT2D eigenvalue weighted by molar-refractivity contribution is 6.30. The van der Waals surface area contributed by atoms with Gasteiger partial charge in [-0.1, -0.05) is 36.6 Å². The first-order valence-electron chi connectivity index (χ1n) is 12.1. The third-order valence-electron chi connectivity index (χ3n) is 6.96. The molecule has 3 aromatic rings. The number of anilines is 4. The Morgan fingerprint density at radius 2 is 1.56 bits per heavy atom. The number of rotatable bonds is 6. The van der Waals surface area contributed by atoms with E-state index in [-0.39, 0.29) is 5.91 Å². The van der Waals surface area contributed by atoms with E-state index in [9.17, 15) is 4.79 Å². The first-order valence-corrected chi connectivity index (χ1v) is 12.4. The highest BCUT2D eigenvalue weighted by Gasteiger charge is 2.42. The molecule has 7 heteroatoms. The predicted octanol–water partition coefficient (Wildman–Crippen LogP) is 6.23. The topological polar surface area (TPSA) is 70.2 Å². The van der Waals surface area contributed by atoms with Crippen molar-refractivity contribution in [2.24, 2.45) is 0 Å². The molecule has 0 bridgehead atoms. The van der Waals surface area contributed by atoms with E-state index in [2.05, 4.69) is 25.5 Å². The zero-order chi connectivity index (χ0) is 23.5. The van der Waals surface area contributed by atoms with Crippen molar-refractivity contribution in [1.82, 2.24) is 9.97 Å². The van der Waals surface area contributed by atoms with Crippen LogP contribution in [-0.4, -0.2) is 29.0 Å². The Balaban J connectivity index is 1.29. The molecule has 2 aromatic carbocycles. The molecule has 34 heavy (non-hydrogen) atoms. The summed E-state index contributed by atoms with van der Waals surface area (Å²) in [5.41, 5.74) is 2.24. The monoisotopic (exact) mass is 475 g/mol. The number of hydrogen-bond donors (Lipinski definition) is 2. The second-order valence-corrected chi connectivity index (χ2v) is 9.74. The molecule has 2 aliphatic rings. The van der Waals surface area contributed by atoms with Crippen molar-refractivity contribution < 1.29 is 4.79 Å². The first kappa shape index (κ1) is 22.7. The number of aryl methyl sites for hydroxylation is 1. The maximum Gasteiger partial charge on any atom is 0.235 e. The van der Waals surface area contributed by atoms with Crippen LogP contribution >= 0.6 is 11.6 Å². The number of carbonyl (C=O) groups excluding carboxylic acids is 1. The van der Waals surface area contributed by atoms with Crippen LogP contribution in [0.4, 0.5) is 23.0 Å². The standard InChI is InChI=1S/C27H30ClN5O/c1-19-29-24(18-25(30-19)33-16-4-5-17-33)31-22-10-12-23(13-11-22)32-26(34)27(14-2-3-15-27)20-6-8-21(28)9-7-20/h6-13,18H,2-5,14-17H2,1H3,(H,32,34)(H,29,30,31). The van der Waals surface area contributed by atoms with Crippen molar-refractivity contribution >= 4 is 40.5 Å². The number of benzene rings is 2. The molecule has 1 aromatic heterocycles. The number of amides is 1. The maximum absolute atomic E-state index is 13.4. The summed E-state index contributed by atoms with van der Waals surface area (Å²) in [6.45, 7) is 4.01. The lowest BCUT2D eigenvalue weighted by Crippen LogP contribution is -2.37. The third-order valence-corrected chi connectivity index (χ3v) is 7.21. The van der Waals surface area contributed by atoms with Crippen molar-refractivity contribution in [2.75, 3.05) is 28.6 Å². The Hall–Kier alpha value is -3.12. The van der Waals surface area contributed by atoms with Gasteiger partial charge in [0.15, 0.2) is 0 Å². The Labute approximate surface area is 205 Å². The normalized spacial score (nSPS) is 17.1. The molecule has 2 N–H and O–H groups in total. The SMILES string of the molecule is Cc1nc(Nc2ccc(NC(=O)C3(c4ccc(Cl)cc4)CCCC3)cc2)cc(N2CCCC2)n1. The third kappa shape index (κ3) is 4.73. The van der Waals surface area contributed by atoms with E-state index in [1.807, 2.05) is 61.5 Å². The molecule has 6 nitrogen and oxygen atoms in total. The Bertz CT molecular complexity index is 1150. The van der Waals surface area contributed by atoms with Crippen molar-refractivity contribution in [1.29, 1.82) is 0 Å². The summed E-state index contributed by atoms with van der Waals surface area (Å²) >= 11 is 6.08. The zero-order valence-corrected chi connectivity index (χ0v) is 20.2. The summed E-state index contributed by atoms with van der Waals surface area (Å²) < 4.78 is 0. The number of aromatic nitrogens is 2. The fourth-order valence-corrected chi connectivity index (χ4v) is 5.28. The molecule has 1 aliphatic carbocycles. The van der Waals surface area contributed by atoms with Crippen LogP contribution in [-0.2, 0) is 10.2 Å². The summed E-state index contributed by atoms with van der Waals surface area (Å²) in [6.07, 6.45) is 6.23. The van der Waals surface area contributed by atoms with Crippen LogP contribution in [0.1, 0.15) is 49.9 Å². The van der Waals surface area contributed by atoms with E-state index < -0.39 is 5.41 Å². The van der Waals surface area contributed by atoms with Gasteiger partial charge in [-0.15, -0.1) is 0 Å². The van der Waals surface area contributed by atoms with E-state index in [4.69, 9.17) is 11.6 Å². The lowest BCUT2D eigenvalue weighted by Gasteiger charge is -2.28. The first-order chi connectivity index (χ1) is 16.5. The van der Waals surface area contributed by atoms with Gasteiger partial charge in [-0.05, 0) is 74.6 Å². The molecule has 0 radical (unpaired) electrons. The van der Waals surface area contributed by atoms with Crippen LogP contribution in [0.15, 0.2) is 54.6 Å². The summed E-state index contributed by atoms with van der Waals surface area (Å²) in [5.74, 6) is 2.55. The molecule has 1 aliphatic heterocycles. The van der Waals surface area contributed by atoms with Crippen molar-refractivity contribution in [2.45, 2.75) is 50.9 Å². The van der Waals surface area contributed by atoms with Gasteiger partial charge in [0.2, 0.25) is 5.91 Å². The fraction of sp³-hybridized carbons (Fsp3) is 0.370.